The van der Waals surface area contributed by atoms with Crippen molar-refractivity contribution in [1.82, 2.24) is 0 Å². The number of carbonyl (C=O) groups is 1. The average molecular weight is 140 g/mol. The Morgan fingerprint density at radius 1 is 1.50 bits per heavy atom. The van der Waals surface area contributed by atoms with Gasteiger partial charge < -0.3 is 4.74 Å². The zero-order valence-corrected chi connectivity index (χ0v) is 6.44. The van der Waals surface area contributed by atoms with Crippen molar-refractivity contribution in [2.24, 2.45) is 0 Å². The van der Waals surface area contributed by atoms with Gasteiger partial charge in [0.2, 0.25) is 0 Å². The first-order valence-corrected chi connectivity index (χ1v) is 3.52. The maximum Gasteiger partial charge on any atom is 0.159 e. The van der Waals surface area contributed by atoms with Crippen LogP contribution in [0.3, 0.4) is 0 Å². The Morgan fingerprint density at radius 2 is 2.20 bits per heavy atom. The number of rotatable bonds is 2. The van der Waals surface area contributed by atoms with Crippen molar-refractivity contribution >= 4 is 5.78 Å². The molecule has 0 heterocycles. The van der Waals surface area contributed by atoms with Crippen LogP contribution in [0, 0.1) is 0 Å². The molecule has 0 unspecified atom stereocenters. The van der Waals surface area contributed by atoms with E-state index in [1.807, 2.05) is 0 Å². The van der Waals surface area contributed by atoms with E-state index in [2.05, 4.69) is 0 Å². The van der Waals surface area contributed by atoms with E-state index >= 15 is 0 Å². The molecule has 0 aromatic heterocycles. The minimum absolute atomic E-state index is 0.161. The van der Waals surface area contributed by atoms with Crippen molar-refractivity contribution in [3.8, 4) is 0 Å². The van der Waals surface area contributed by atoms with E-state index in [-0.39, 0.29) is 5.78 Å². The Labute approximate surface area is 60.9 Å². The van der Waals surface area contributed by atoms with E-state index in [9.17, 15) is 4.79 Å². The predicted molar refractivity (Wildman–Crippen MR) is 38.6 cm³/mol. The number of hydrogen-bond donors (Lipinski definition) is 0. The van der Waals surface area contributed by atoms with Crippen molar-refractivity contribution < 1.29 is 9.53 Å². The average Bonchev–Trinajstić information content (AvgIpc) is 2.33. The molecule has 1 aliphatic carbocycles. The molecule has 1 rings (SSSR count). The Balaban J connectivity index is 2.78. The van der Waals surface area contributed by atoms with Gasteiger partial charge >= 0.3 is 0 Å². The molecule has 10 heavy (non-hydrogen) atoms. The lowest BCUT2D eigenvalue weighted by molar-refractivity contribution is -0.113. The summed E-state index contributed by atoms with van der Waals surface area (Å²) in [5.41, 5.74) is 0.891. The molecule has 0 amide bonds. The summed E-state index contributed by atoms with van der Waals surface area (Å²) in [6.45, 7) is 1.60. The highest BCUT2D eigenvalue weighted by Gasteiger charge is 2.17. The van der Waals surface area contributed by atoms with Gasteiger partial charge in [0.15, 0.2) is 5.78 Å². The van der Waals surface area contributed by atoms with Crippen molar-refractivity contribution in [3.05, 3.63) is 11.3 Å². The molecule has 0 radical (unpaired) electrons. The highest BCUT2D eigenvalue weighted by atomic mass is 16.5. The summed E-state index contributed by atoms with van der Waals surface area (Å²) in [6, 6.07) is 0. The van der Waals surface area contributed by atoms with Crippen LogP contribution < -0.4 is 0 Å². The van der Waals surface area contributed by atoms with Gasteiger partial charge in [0, 0.05) is 12.0 Å². The summed E-state index contributed by atoms with van der Waals surface area (Å²) in [5, 5.41) is 0. The largest absolute Gasteiger partial charge is 0.501 e. The van der Waals surface area contributed by atoms with Gasteiger partial charge in [-0.05, 0) is 19.8 Å². The van der Waals surface area contributed by atoms with Crippen LogP contribution in [0.15, 0.2) is 11.3 Å². The third-order valence-electron chi connectivity index (χ3n) is 1.84. The van der Waals surface area contributed by atoms with Crippen LogP contribution in [-0.2, 0) is 9.53 Å². The highest BCUT2D eigenvalue weighted by Crippen LogP contribution is 2.26. The molecule has 0 saturated heterocycles. The van der Waals surface area contributed by atoms with Crippen LogP contribution in [0.25, 0.3) is 0 Å². The third kappa shape index (κ3) is 1.20. The fraction of sp³-hybridized carbons (Fsp3) is 0.625. The van der Waals surface area contributed by atoms with Gasteiger partial charge in [0.25, 0.3) is 0 Å². The Bertz CT molecular complexity index is 180. The number of allylic oxidation sites excluding steroid dienone is 2. The maximum atomic E-state index is 10.9. The number of hydrogen-bond acceptors (Lipinski definition) is 2. The number of methoxy groups -OCH3 is 1. The van der Waals surface area contributed by atoms with Crippen molar-refractivity contribution in [1.29, 1.82) is 0 Å². The number of ketones is 1. The third-order valence-corrected chi connectivity index (χ3v) is 1.84. The smallest absolute Gasteiger partial charge is 0.159 e. The molecule has 2 nitrogen and oxygen atoms in total. The van der Waals surface area contributed by atoms with Crippen LogP contribution in [0.4, 0.5) is 0 Å². The van der Waals surface area contributed by atoms with Gasteiger partial charge in [-0.2, -0.15) is 0 Å². The molecule has 0 bridgehead atoms. The summed E-state index contributed by atoms with van der Waals surface area (Å²) >= 11 is 0. The summed E-state index contributed by atoms with van der Waals surface area (Å²) in [6.07, 6.45) is 2.90. The van der Waals surface area contributed by atoms with E-state index in [0.29, 0.717) is 0 Å². The molecular formula is C8H12O2. The Morgan fingerprint density at radius 3 is 2.60 bits per heavy atom. The molecule has 0 aromatic carbocycles. The zero-order valence-electron chi connectivity index (χ0n) is 6.44. The first-order chi connectivity index (χ1) is 4.75. The molecule has 2 heteroatoms. The van der Waals surface area contributed by atoms with Crippen molar-refractivity contribution in [2.45, 2.75) is 26.2 Å². The van der Waals surface area contributed by atoms with Crippen LogP contribution in [0.2, 0.25) is 0 Å². The van der Waals surface area contributed by atoms with Crippen LogP contribution in [0.1, 0.15) is 26.2 Å². The fourth-order valence-corrected chi connectivity index (χ4v) is 1.31. The van der Waals surface area contributed by atoms with Gasteiger partial charge in [-0.1, -0.05) is 0 Å². The lowest BCUT2D eigenvalue weighted by Crippen LogP contribution is -1.96. The molecular weight excluding hydrogens is 128 g/mol. The lowest BCUT2D eigenvalue weighted by atomic mass is 10.2. The van der Waals surface area contributed by atoms with Crippen molar-refractivity contribution in [2.75, 3.05) is 7.11 Å². The first kappa shape index (κ1) is 7.32. The van der Waals surface area contributed by atoms with E-state index in [1.54, 1.807) is 14.0 Å². The monoisotopic (exact) mass is 140 g/mol. The fourth-order valence-electron chi connectivity index (χ4n) is 1.31. The topological polar surface area (TPSA) is 26.3 Å². The number of carbonyl (C=O) groups excluding carboxylic acids is 1. The molecule has 0 atom stereocenters. The second-order valence-corrected chi connectivity index (χ2v) is 2.52. The predicted octanol–water partition coefficient (Wildman–Crippen LogP) is 1.66. The number of ether oxygens (including phenoxy) is 1. The van der Waals surface area contributed by atoms with E-state index in [1.165, 1.54) is 0 Å². The second kappa shape index (κ2) is 2.86. The minimum atomic E-state index is 0.161. The maximum absolute atomic E-state index is 10.9. The summed E-state index contributed by atoms with van der Waals surface area (Å²) in [4.78, 5) is 10.9. The van der Waals surface area contributed by atoms with Crippen LogP contribution in [0.5, 0.6) is 0 Å². The van der Waals surface area contributed by atoms with Crippen molar-refractivity contribution in [3.63, 3.8) is 0 Å². The van der Waals surface area contributed by atoms with Gasteiger partial charge in [0.1, 0.15) is 5.76 Å². The van der Waals surface area contributed by atoms with Gasteiger partial charge in [0.05, 0.1) is 7.11 Å². The summed E-state index contributed by atoms with van der Waals surface area (Å²) in [5.74, 6) is 1.06. The highest BCUT2D eigenvalue weighted by molar-refractivity contribution is 5.94. The van der Waals surface area contributed by atoms with E-state index in [0.717, 1.165) is 30.6 Å². The van der Waals surface area contributed by atoms with Gasteiger partial charge in [-0.3, -0.25) is 4.79 Å². The summed E-state index contributed by atoms with van der Waals surface area (Å²) in [7, 11) is 1.63. The normalized spacial score (nSPS) is 17.8. The number of Topliss-reactive ketones (excluding diaryl/α,β-unsaturated/α-hetero) is 1. The van der Waals surface area contributed by atoms with Gasteiger partial charge in [-0.15, -0.1) is 0 Å². The van der Waals surface area contributed by atoms with E-state index < -0.39 is 0 Å². The van der Waals surface area contributed by atoms with Crippen LogP contribution in [-0.4, -0.2) is 12.9 Å². The molecule has 0 aromatic rings. The minimum Gasteiger partial charge on any atom is -0.501 e. The first-order valence-electron chi connectivity index (χ1n) is 3.52. The quantitative estimate of drug-likeness (QED) is 0.583. The molecule has 56 valence electrons. The molecule has 1 aliphatic rings. The lowest BCUT2D eigenvalue weighted by Gasteiger charge is -2.00. The molecule has 0 saturated carbocycles. The SMILES string of the molecule is COC1=C(C(C)=O)CCC1. The second-order valence-electron chi connectivity index (χ2n) is 2.52. The standard InChI is InChI=1S/C8H12O2/c1-6(9)7-4-3-5-8(7)10-2/h3-5H2,1-2H3. The van der Waals surface area contributed by atoms with E-state index in [4.69, 9.17) is 4.74 Å². The Kier molecular flexibility index (Phi) is 2.10. The Hall–Kier alpha value is -0.790. The molecule has 0 spiro atoms. The zero-order chi connectivity index (χ0) is 7.56. The molecule has 0 N–H and O–H groups in total. The molecule has 0 fully saturated rings. The molecule has 0 aliphatic heterocycles. The summed E-state index contributed by atoms with van der Waals surface area (Å²) < 4.78 is 5.04. The van der Waals surface area contributed by atoms with Crippen LogP contribution >= 0.6 is 0 Å². The van der Waals surface area contributed by atoms with Gasteiger partial charge in [-0.25, -0.2) is 0 Å².